The molecule has 0 unspecified atom stereocenters. The van der Waals surface area contributed by atoms with Gasteiger partial charge in [0.05, 0.1) is 4.90 Å². The van der Waals surface area contributed by atoms with Gasteiger partial charge in [-0.1, -0.05) is 42.0 Å². The molecule has 3 aromatic carbocycles. The number of aryl methyl sites for hydroxylation is 1. The van der Waals surface area contributed by atoms with Crippen LogP contribution in [0.2, 0.25) is 0 Å². The number of phenols is 1. The Hall–Kier alpha value is -1.67. The number of aldehydes is 2. The fraction of sp³-hybridized carbons (Fsp3) is 0.323. The summed E-state index contributed by atoms with van der Waals surface area (Å²) in [5, 5.41) is 24.8. The first kappa shape index (κ1) is 62.0. The summed E-state index contributed by atoms with van der Waals surface area (Å²) in [5.74, 6) is -12.9. The molecule has 0 amide bonds. The predicted molar refractivity (Wildman–Crippen MR) is 163 cm³/mol. The molecule has 0 saturated carbocycles. The van der Waals surface area contributed by atoms with Crippen LogP contribution in [0.1, 0.15) is 27.7 Å². The van der Waals surface area contributed by atoms with Crippen LogP contribution in [0, 0.1) is 6.92 Å². The zero-order chi connectivity index (χ0) is 43.0. The van der Waals surface area contributed by atoms with E-state index in [0.717, 1.165) is 17.7 Å². The van der Waals surface area contributed by atoms with Crippen molar-refractivity contribution in [2.45, 2.75) is 48.9 Å². The van der Waals surface area contributed by atoms with Gasteiger partial charge < -0.3 is 26.5 Å². The largest absolute Gasteiger partial charge is 1.00 e. The van der Waals surface area contributed by atoms with E-state index in [1.807, 2.05) is 0 Å². The van der Waals surface area contributed by atoms with E-state index in [2.05, 4.69) is 13.8 Å². The van der Waals surface area contributed by atoms with E-state index in [4.69, 9.17) is 20.3 Å². The molecule has 0 aliphatic carbocycles. The summed E-state index contributed by atoms with van der Waals surface area (Å²) in [6.07, 6.45) is -10.3. The number of ether oxygens (including phenoxy) is 1. The van der Waals surface area contributed by atoms with Crippen molar-refractivity contribution < 1.29 is 209 Å². The van der Waals surface area contributed by atoms with Crippen LogP contribution < -0.4 is 113 Å². The van der Waals surface area contributed by atoms with Gasteiger partial charge in [-0.3, -0.25) is 18.6 Å². The smallest absolute Gasteiger partial charge is 1.00 e. The van der Waals surface area contributed by atoms with Gasteiger partial charge in [0.2, 0.25) is 0 Å². The summed E-state index contributed by atoms with van der Waals surface area (Å²) < 4.78 is 173. The van der Waals surface area contributed by atoms with E-state index in [-0.39, 0.29) is 133 Å². The van der Waals surface area contributed by atoms with Crippen molar-refractivity contribution in [3.63, 3.8) is 0 Å². The van der Waals surface area contributed by atoms with Gasteiger partial charge in [0, 0.05) is 11.1 Å². The van der Waals surface area contributed by atoms with E-state index in [9.17, 15) is 70.7 Å². The number of aromatic hydroxyl groups is 1. The normalized spacial score (nSPS) is 10.9. The van der Waals surface area contributed by atoms with Gasteiger partial charge in [0.15, 0.2) is 6.61 Å². The summed E-state index contributed by atoms with van der Waals surface area (Å²) in [6.45, 7) is -3.60. The Morgan fingerprint density at radius 3 is 1.49 bits per heavy atom. The van der Waals surface area contributed by atoms with Crippen LogP contribution in [0.4, 0.5) is 52.7 Å². The van der Waals surface area contributed by atoms with Gasteiger partial charge in [0.25, 0.3) is 16.6 Å². The molecule has 0 aliphatic rings. The maximum absolute atomic E-state index is 12.5. The van der Waals surface area contributed by atoms with Crippen LogP contribution in [-0.2, 0) is 24.0 Å². The second kappa shape index (κ2) is 31.2. The second-order valence-electron chi connectivity index (χ2n) is 9.76. The summed E-state index contributed by atoms with van der Waals surface area (Å²) >= 11 is 0. The van der Waals surface area contributed by atoms with Gasteiger partial charge in [-0.15, -0.1) is 0 Å². The molecule has 312 valence electrons. The molecule has 57 heavy (non-hydrogen) atoms. The molecule has 0 aromatic heterocycles. The summed E-state index contributed by atoms with van der Waals surface area (Å²) in [5.41, 5.74) is 1.47. The minimum atomic E-state index is -4.50. The molecule has 0 saturated heterocycles. The van der Waals surface area contributed by atoms with Gasteiger partial charge in [-0.05, 0) is 43.3 Å². The van der Waals surface area contributed by atoms with Gasteiger partial charge in [-0.25, -0.2) is 26.3 Å². The number of carbonyl (C=O) groups is 3. The van der Waals surface area contributed by atoms with Crippen LogP contribution in [0.25, 0.3) is 0 Å². The van der Waals surface area contributed by atoms with E-state index >= 15 is 0 Å². The van der Waals surface area contributed by atoms with Gasteiger partial charge >= 0.3 is 140 Å². The third kappa shape index (κ3) is 27.7. The summed E-state index contributed by atoms with van der Waals surface area (Å²) in [4.78, 5) is 31.3. The van der Waals surface area contributed by atoms with Crippen molar-refractivity contribution in [1.29, 1.82) is 0 Å². The Labute approximate surface area is 403 Å². The average Bonchev–Trinajstić information content (AvgIpc) is 3.14. The molecule has 0 spiro atoms. The van der Waals surface area contributed by atoms with Crippen LogP contribution >= 0.6 is 0 Å². The molecular weight excluding hydrogens is 887 g/mol. The SMILES string of the molecule is Cc1ccc(S(=O)(=O)OCC(F)(F)C(F)F)cc1.O=CO[O-].O=Cc1cccc(O)c1.O=Cc1cccc(OCC(F)(F)C(F)F)c1.OCC(F)(F)C(F)F.[H-].[K+].[K+]. The van der Waals surface area contributed by atoms with E-state index in [1.54, 1.807) is 19.1 Å². The number of hydrogen-bond donors (Lipinski definition) is 2. The molecule has 0 radical (unpaired) electrons. The minimum Gasteiger partial charge on any atom is -1.00 e. The van der Waals surface area contributed by atoms with Crippen LogP contribution in [-0.4, -0.2) is 94.5 Å². The van der Waals surface area contributed by atoms with E-state index in [0.29, 0.717) is 18.1 Å². The third-order valence-electron chi connectivity index (χ3n) is 5.36. The predicted octanol–water partition coefficient (Wildman–Crippen LogP) is 0.0180. The third-order valence-corrected chi connectivity index (χ3v) is 6.63. The Morgan fingerprint density at radius 1 is 0.719 bits per heavy atom. The fourth-order valence-corrected chi connectivity index (χ4v) is 3.50. The number of aliphatic hydroxyl groups is 1. The summed E-state index contributed by atoms with van der Waals surface area (Å²) in [7, 11) is -4.46. The topological polar surface area (TPSA) is 177 Å². The van der Waals surface area contributed by atoms with Crippen molar-refractivity contribution in [3.05, 3.63) is 89.5 Å². The standard InChI is InChI=1S/C10H10F4O3S.C10H8F4O2.C7H6O2.C3H4F4O.CH2O3.2K.H/c1-7-2-4-8(5-3-7)18(15,16)17-6-10(13,14)9(11)12;11-9(12)10(13,14)6-16-8-3-1-2-7(4-8)5-15;8-5-6-2-1-3-7(9)4-6;4-2(5)3(6,7)1-8;2-1-4-3;;;/h2-5,9H,6H2,1H3;1-5,9H,6H2;1-5,9H;2,8H,1H2;1,3H;;;/q;;;;;2*+1;-1/p-1. The average molecular weight is 917 g/mol. The molecule has 0 fully saturated rings. The molecule has 11 nitrogen and oxygen atoms in total. The molecule has 3 aromatic rings. The van der Waals surface area contributed by atoms with Crippen molar-refractivity contribution in [2.75, 3.05) is 19.8 Å². The number of hydrogen-bond acceptors (Lipinski definition) is 11. The Morgan fingerprint density at radius 2 is 1.14 bits per heavy atom. The van der Waals surface area contributed by atoms with Crippen molar-refractivity contribution >= 4 is 29.2 Å². The first-order chi connectivity index (χ1) is 25.3. The van der Waals surface area contributed by atoms with Crippen molar-refractivity contribution in [2.24, 2.45) is 0 Å². The molecule has 0 heterocycles. The molecule has 26 heteroatoms. The van der Waals surface area contributed by atoms with E-state index < -0.39 is 67.0 Å². The summed E-state index contributed by atoms with van der Waals surface area (Å²) in [6, 6.07) is 16.7. The number of alkyl halides is 12. The zero-order valence-corrected chi connectivity index (χ0v) is 36.6. The molecule has 0 aliphatic heterocycles. The number of halogens is 12. The molecule has 0 bridgehead atoms. The first-order valence-electron chi connectivity index (χ1n) is 14.0. The number of aliphatic hydroxyl groups excluding tert-OH is 1. The van der Waals surface area contributed by atoms with Crippen molar-refractivity contribution in [3.8, 4) is 11.5 Å². The Kier molecular flexibility index (Phi) is 34.0. The molecule has 2 N–H and O–H groups in total. The van der Waals surface area contributed by atoms with Crippen LogP contribution in [0.5, 0.6) is 11.5 Å². The van der Waals surface area contributed by atoms with E-state index in [1.165, 1.54) is 48.5 Å². The van der Waals surface area contributed by atoms with Gasteiger partial charge in [0.1, 0.15) is 37.3 Å². The monoisotopic (exact) mass is 916 g/mol. The Bertz CT molecular complexity index is 1680. The molecule has 3 rings (SSSR count). The Balaban J connectivity index is -0.000000214. The minimum absolute atomic E-state index is 0. The zero-order valence-electron chi connectivity index (χ0n) is 30.5. The first-order valence-corrected chi connectivity index (χ1v) is 15.5. The van der Waals surface area contributed by atoms with Crippen LogP contribution in [0.3, 0.4) is 0 Å². The number of rotatable bonds is 14. The fourth-order valence-electron chi connectivity index (χ4n) is 2.58. The maximum atomic E-state index is 12.5. The van der Waals surface area contributed by atoms with Gasteiger partial charge in [-0.2, -0.15) is 34.8 Å². The number of carbonyl (C=O) groups excluding carboxylic acids is 3. The quantitative estimate of drug-likeness (QED) is 0.0557. The maximum Gasteiger partial charge on any atom is 1.00 e. The number of phenolic OH excluding ortho intramolecular Hbond substituents is 1. The van der Waals surface area contributed by atoms with Crippen molar-refractivity contribution in [1.82, 2.24) is 0 Å². The molecular formula is C31H30F12K2O11S. The second-order valence-corrected chi connectivity index (χ2v) is 11.4. The van der Waals surface area contributed by atoms with Crippen LogP contribution in [0.15, 0.2) is 77.7 Å². The molecule has 0 atom stereocenters. The number of benzene rings is 3.